The summed E-state index contributed by atoms with van der Waals surface area (Å²) in [6, 6.07) is 5.31. The summed E-state index contributed by atoms with van der Waals surface area (Å²) in [5.74, 6) is 1.76. The molecule has 0 unspecified atom stereocenters. The molecule has 3 heterocycles. The van der Waals surface area contributed by atoms with Crippen molar-refractivity contribution in [3.8, 4) is 17.0 Å². The minimum atomic E-state index is -1.15. The molecule has 1 aromatic carbocycles. The Labute approximate surface area is 198 Å². The normalized spacial score (nSPS) is 14.8. The van der Waals surface area contributed by atoms with Crippen molar-refractivity contribution >= 4 is 23.2 Å². The Balaban J connectivity index is 1.66. The summed E-state index contributed by atoms with van der Waals surface area (Å²) >= 11 is 0. The maximum absolute atomic E-state index is 12.1. The first kappa shape index (κ1) is 23.5. The molecule has 0 saturated carbocycles. The van der Waals surface area contributed by atoms with Crippen LogP contribution < -0.4 is 10.1 Å². The van der Waals surface area contributed by atoms with Gasteiger partial charge in [-0.3, -0.25) is 24.4 Å². The van der Waals surface area contributed by atoms with E-state index >= 15 is 0 Å². The maximum Gasteiger partial charge on any atom is 0.409 e. The molecule has 180 valence electrons. The molecule has 0 radical (unpaired) electrons. The van der Waals surface area contributed by atoms with Gasteiger partial charge in [0.05, 0.1) is 36.2 Å². The van der Waals surface area contributed by atoms with Crippen LogP contribution in [0.3, 0.4) is 0 Å². The van der Waals surface area contributed by atoms with Crippen molar-refractivity contribution in [1.82, 2.24) is 24.2 Å². The molecule has 0 spiro atoms. The molecule has 0 bridgehead atoms. The highest BCUT2D eigenvalue weighted by Gasteiger charge is 2.27. The van der Waals surface area contributed by atoms with Gasteiger partial charge in [-0.15, -0.1) is 0 Å². The molecule has 10 nitrogen and oxygen atoms in total. The second-order valence-electron chi connectivity index (χ2n) is 8.73. The first-order chi connectivity index (χ1) is 16.3. The van der Waals surface area contributed by atoms with Crippen LogP contribution >= 0.6 is 0 Å². The number of fused-ring (bicyclic) bond motifs is 1. The maximum atomic E-state index is 12.1. The quantitative estimate of drug-likeness (QED) is 0.574. The molecule has 10 heteroatoms. The van der Waals surface area contributed by atoms with Crippen LogP contribution in [0.1, 0.15) is 30.3 Å². The number of nitrogens with one attached hydrogen (secondary N) is 1. The number of anilines is 1. The minimum absolute atomic E-state index is 0.114. The molecule has 1 aliphatic rings. The van der Waals surface area contributed by atoms with E-state index in [1.807, 2.05) is 19.2 Å². The first-order valence-corrected chi connectivity index (χ1v) is 11.2. The van der Waals surface area contributed by atoms with Gasteiger partial charge >= 0.3 is 6.09 Å². The van der Waals surface area contributed by atoms with Crippen LogP contribution in [-0.2, 0) is 4.79 Å². The Morgan fingerprint density at radius 3 is 2.65 bits per heavy atom. The Bertz CT molecular complexity index is 1210. The second kappa shape index (κ2) is 9.68. The van der Waals surface area contributed by atoms with Gasteiger partial charge in [0.2, 0.25) is 5.91 Å². The number of carbonyl (C=O) groups excluding carboxylic acids is 1. The smallest absolute Gasteiger partial charge is 0.409 e. The molecule has 3 aromatic rings. The van der Waals surface area contributed by atoms with Crippen LogP contribution in [-0.4, -0.2) is 82.1 Å². The SMILES string of the molecule is COc1cc(-c2nc(C3CCN(CC(=O)N(C)C)CC3)n3ccnc(C)c23)ccc1NC(=O)O. The summed E-state index contributed by atoms with van der Waals surface area (Å²) in [5, 5.41) is 11.4. The number of carbonyl (C=O) groups is 2. The fourth-order valence-corrected chi connectivity index (χ4v) is 4.45. The van der Waals surface area contributed by atoms with Gasteiger partial charge in [0, 0.05) is 38.0 Å². The van der Waals surface area contributed by atoms with Gasteiger partial charge in [-0.1, -0.05) is 6.07 Å². The molecular formula is C24H30N6O4. The van der Waals surface area contributed by atoms with Crippen LogP contribution in [0.2, 0.25) is 0 Å². The third-order valence-electron chi connectivity index (χ3n) is 6.29. The molecule has 34 heavy (non-hydrogen) atoms. The molecule has 1 aliphatic heterocycles. The van der Waals surface area contributed by atoms with Crippen molar-refractivity contribution in [2.45, 2.75) is 25.7 Å². The topological polar surface area (TPSA) is 112 Å². The van der Waals surface area contributed by atoms with Crippen molar-refractivity contribution in [2.75, 3.05) is 46.2 Å². The van der Waals surface area contributed by atoms with Crippen LogP contribution in [0.15, 0.2) is 30.6 Å². The standard InChI is InChI=1S/C24H30N6O4/c1-15-22-21(17-5-6-18(26-24(32)33)19(13-17)34-4)27-23(30(22)12-9-25-15)16-7-10-29(11-8-16)14-20(31)28(2)3/h5-6,9,12-13,16,26H,7-8,10-11,14H2,1-4H3,(H,32,33). The van der Waals surface area contributed by atoms with Crippen molar-refractivity contribution in [2.24, 2.45) is 0 Å². The van der Waals surface area contributed by atoms with E-state index in [2.05, 4.69) is 19.6 Å². The zero-order valence-electron chi connectivity index (χ0n) is 19.9. The van der Waals surface area contributed by atoms with Crippen molar-refractivity contribution in [1.29, 1.82) is 0 Å². The number of imidazole rings is 1. The average molecular weight is 467 g/mol. The number of hydrogen-bond acceptors (Lipinski definition) is 6. The summed E-state index contributed by atoms with van der Waals surface area (Å²) in [7, 11) is 5.07. The van der Waals surface area contributed by atoms with Crippen LogP contribution in [0.4, 0.5) is 10.5 Å². The Kier molecular flexibility index (Phi) is 6.69. The zero-order valence-corrected chi connectivity index (χ0v) is 19.9. The van der Waals surface area contributed by atoms with E-state index in [1.54, 1.807) is 37.3 Å². The summed E-state index contributed by atoms with van der Waals surface area (Å²) in [6.07, 6.45) is 4.38. The number of carboxylic acid groups (broad SMARTS) is 1. The zero-order chi connectivity index (χ0) is 24.4. The van der Waals surface area contributed by atoms with Gasteiger partial charge < -0.3 is 14.7 Å². The van der Waals surface area contributed by atoms with Gasteiger partial charge in [0.25, 0.3) is 0 Å². The monoisotopic (exact) mass is 466 g/mol. The molecule has 0 aliphatic carbocycles. The lowest BCUT2D eigenvalue weighted by Gasteiger charge is -2.31. The summed E-state index contributed by atoms with van der Waals surface area (Å²) in [5.41, 5.74) is 3.75. The van der Waals surface area contributed by atoms with Gasteiger partial charge in [-0.2, -0.15) is 0 Å². The molecule has 4 rings (SSSR count). The number of piperidine rings is 1. The number of benzene rings is 1. The molecule has 1 fully saturated rings. The van der Waals surface area contributed by atoms with Gasteiger partial charge in [0.1, 0.15) is 11.6 Å². The van der Waals surface area contributed by atoms with Crippen molar-refractivity contribution in [3.05, 3.63) is 42.1 Å². The number of nitrogens with zero attached hydrogens (tertiary/aromatic N) is 5. The number of rotatable bonds is 6. The average Bonchev–Trinajstić information content (AvgIpc) is 3.20. The third kappa shape index (κ3) is 4.67. The van der Waals surface area contributed by atoms with E-state index in [1.165, 1.54) is 7.11 Å². The minimum Gasteiger partial charge on any atom is -0.495 e. The fourth-order valence-electron chi connectivity index (χ4n) is 4.45. The number of ether oxygens (including phenoxy) is 1. The molecule has 2 amide bonds. The van der Waals surface area contributed by atoms with Crippen molar-refractivity contribution in [3.63, 3.8) is 0 Å². The molecule has 1 saturated heterocycles. The number of hydrogen-bond donors (Lipinski definition) is 2. The number of aryl methyl sites for hydroxylation is 1. The predicted octanol–water partition coefficient (Wildman–Crippen LogP) is 3.07. The highest BCUT2D eigenvalue weighted by molar-refractivity contribution is 5.88. The van der Waals surface area contributed by atoms with Crippen LogP contribution in [0.25, 0.3) is 16.8 Å². The third-order valence-corrected chi connectivity index (χ3v) is 6.29. The Hall–Kier alpha value is -3.66. The molecule has 0 atom stereocenters. The number of aromatic nitrogens is 3. The lowest BCUT2D eigenvalue weighted by molar-refractivity contribution is -0.130. The van der Waals surface area contributed by atoms with Gasteiger partial charge in [-0.25, -0.2) is 9.78 Å². The van der Waals surface area contributed by atoms with Crippen molar-refractivity contribution < 1.29 is 19.4 Å². The van der Waals surface area contributed by atoms with Crippen LogP contribution in [0, 0.1) is 6.92 Å². The van der Waals surface area contributed by atoms with Crippen LogP contribution in [0.5, 0.6) is 5.75 Å². The van der Waals surface area contributed by atoms with E-state index in [9.17, 15) is 9.59 Å². The highest BCUT2D eigenvalue weighted by Crippen LogP contribution is 2.36. The highest BCUT2D eigenvalue weighted by atomic mass is 16.5. The van der Waals surface area contributed by atoms with E-state index < -0.39 is 6.09 Å². The molecular weight excluding hydrogens is 436 g/mol. The number of methoxy groups -OCH3 is 1. The lowest BCUT2D eigenvalue weighted by atomic mass is 9.96. The number of likely N-dealkylation sites (tertiary alicyclic amines) is 1. The first-order valence-electron chi connectivity index (χ1n) is 11.2. The summed E-state index contributed by atoms with van der Waals surface area (Å²) in [6.45, 7) is 4.06. The predicted molar refractivity (Wildman–Crippen MR) is 128 cm³/mol. The second-order valence-corrected chi connectivity index (χ2v) is 8.73. The summed E-state index contributed by atoms with van der Waals surface area (Å²) < 4.78 is 7.53. The number of amides is 2. The number of likely N-dealkylation sites (N-methyl/N-ethyl adjacent to an activating group) is 1. The van der Waals surface area contributed by atoms with E-state index in [0.29, 0.717) is 18.0 Å². The Morgan fingerprint density at radius 2 is 2.00 bits per heavy atom. The molecule has 2 N–H and O–H groups in total. The summed E-state index contributed by atoms with van der Waals surface area (Å²) in [4.78, 5) is 36.5. The molecule has 2 aromatic heterocycles. The van der Waals surface area contributed by atoms with Gasteiger partial charge in [-0.05, 0) is 45.0 Å². The van der Waals surface area contributed by atoms with E-state index in [-0.39, 0.29) is 11.8 Å². The van der Waals surface area contributed by atoms with Gasteiger partial charge in [0.15, 0.2) is 0 Å². The van der Waals surface area contributed by atoms with E-state index in [0.717, 1.165) is 54.2 Å². The fraction of sp³-hybridized carbons (Fsp3) is 0.417. The Morgan fingerprint density at radius 1 is 1.26 bits per heavy atom. The largest absolute Gasteiger partial charge is 0.495 e. The lowest BCUT2D eigenvalue weighted by Crippen LogP contribution is -2.40. The van der Waals surface area contributed by atoms with E-state index in [4.69, 9.17) is 14.8 Å².